The van der Waals surface area contributed by atoms with Gasteiger partial charge in [0.15, 0.2) is 0 Å². The second-order valence-electron chi connectivity index (χ2n) is 6.48. The van der Waals surface area contributed by atoms with Crippen LogP contribution in [0.4, 0.5) is 0 Å². The van der Waals surface area contributed by atoms with Crippen LogP contribution in [0.5, 0.6) is 0 Å². The van der Waals surface area contributed by atoms with Gasteiger partial charge in [-0.05, 0) is 42.6 Å². The third kappa shape index (κ3) is 8.08. The second kappa shape index (κ2) is 11.9. The van der Waals surface area contributed by atoms with E-state index in [9.17, 15) is 13.5 Å². The van der Waals surface area contributed by atoms with Crippen molar-refractivity contribution in [2.24, 2.45) is 0 Å². The standard InChI is InChI=1S/C20H27NO.CH4O4S/c1-4-21(13-14-22)15-20(18-11-7-5-9-16(18)2)19-12-8-6-10-17(19)3;1-5-6(2,3)4/h5-12,20,22H,4,13-15H2,1-3H3;1H3,(H,2,3,4). The average Bonchev–Trinajstić information content (AvgIpc) is 2.66. The van der Waals surface area contributed by atoms with Gasteiger partial charge in [0.2, 0.25) is 0 Å². The maximum absolute atomic E-state index is 9.33. The van der Waals surface area contributed by atoms with Crippen LogP contribution in [0.2, 0.25) is 0 Å². The molecule has 6 nitrogen and oxygen atoms in total. The molecule has 28 heavy (non-hydrogen) atoms. The van der Waals surface area contributed by atoms with Gasteiger partial charge in [-0.25, -0.2) is 0 Å². The van der Waals surface area contributed by atoms with Gasteiger partial charge < -0.3 is 10.0 Å². The van der Waals surface area contributed by atoms with Crippen molar-refractivity contribution in [1.82, 2.24) is 4.90 Å². The van der Waals surface area contributed by atoms with E-state index in [0.717, 1.165) is 26.7 Å². The van der Waals surface area contributed by atoms with E-state index in [1.165, 1.54) is 22.3 Å². The lowest BCUT2D eigenvalue weighted by Gasteiger charge is -2.28. The molecule has 0 aromatic heterocycles. The minimum absolute atomic E-state index is 0.210. The molecule has 0 aliphatic carbocycles. The smallest absolute Gasteiger partial charge is 0.395 e. The molecule has 0 bridgehead atoms. The van der Waals surface area contributed by atoms with Crippen molar-refractivity contribution in [1.29, 1.82) is 0 Å². The molecular weight excluding hydrogens is 378 g/mol. The van der Waals surface area contributed by atoms with E-state index >= 15 is 0 Å². The zero-order chi connectivity index (χ0) is 21.2. The minimum Gasteiger partial charge on any atom is -0.395 e. The summed E-state index contributed by atoms with van der Waals surface area (Å²) in [6.45, 7) is 9.35. The molecule has 0 fully saturated rings. The number of rotatable bonds is 8. The lowest BCUT2D eigenvalue weighted by atomic mass is 9.85. The number of hydrogen-bond acceptors (Lipinski definition) is 5. The van der Waals surface area contributed by atoms with E-state index in [-0.39, 0.29) is 6.61 Å². The summed E-state index contributed by atoms with van der Waals surface area (Å²) in [4.78, 5) is 2.32. The van der Waals surface area contributed by atoms with Crippen LogP contribution in [0.15, 0.2) is 48.5 Å². The highest BCUT2D eigenvalue weighted by Gasteiger charge is 2.20. The first kappa shape index (κ1) is 24.3. The molecule has 0 aliphatic heterocycles. The second-order valence-corrected chi connectivity index (χ2v) is 7.67. The van der Waals surface area contributed by atoms with Crippen LogP contribution in [0.25, 0.3) is 0 Å². The van der Waals surface area contributed by atoms with E-state index < -0.39 is 10.4 Å². The van der Waals surface area contributed by atoms with Crippen molar-refractivity contribution >= 4 is 10.4 Å². The van der Waals surface area contributed by atoms with E-state index in [2.05, 4.69) is 78.4 Å². The molecule has 7 heteroatoms. The van der Waals surface area contributed by atoms with Crippen molar-refractivity contribution in [3.05, 3.63) is 70.8 Å². The average molecular weight is 410 g/mol. The van der Waals surface area contributed by atoms with E-state index in [4.69, 9.17) is 4.55 Å². The molecule has 0 unspecified atom stereocenters. The summed E-state index contributed by atoms with van der Waals surface area (Å²) in [6.07, 6.45) is 0. The Morgan fingerprint density at radius 2 is 1.43 bits per heavy atom. The SMILES string of the molecule is CCN(CCO)CC(c1ccccc1C)c1ccccc1C.COS(=O)(=O)O. The molecule has 0 radical (unpaired) electrons. The number of nitrogens with zero attached hydrogens (tertiary/aromatic N) is 1. The van der Waals surface area contributed by atoms with Gasteiger partial charge in [0.1, 0.15) is 0 Å². The molecule has 2 aromatic carbocycles. The Morgan fingerprint density at radius 3 is 1.75 bits per heavy atom. The first-order valence-electron chi connectivity index (χ1n) is 9.20. The molecule has 0 saturated heterocycles. The highest BCUT2D eigenvalue weighted by Crippen LogP contribution is 2.30. The number of aliphatic hydroxyl groups is 1. The molecule has 0 saturated carbocycles. The van der Waals surface area contributed by atoms with Gasteiger partial charge in [-0.1, -0.05) is 55.5 Å². The van der Waals surface area contributed by atoms with Crippen LogP contribution in [0.1, 0.15) is 35.1 Å². The number of hydrogen-bond donors (Lipinski definition) is 2. The van der Waals surface area contributed by atoms with E-state index in [1.807, 2.05) is 0 Å². The van der Waals surface area contributed by atoms with Gasteiger partial charge in [0.25, 0.3) is 0 Å². The Bertz CT molecular complexity index is 778. The Morgan fingerprint density at radius 1 is 1.00 bits per heavy atom. The van der Waals surface area contributed by atoms with Gasteiger partial charge in [0.05, 0.1) is 13.7 Å². The molecule has 0 atom stereocenters. The number of aryl methyl sites for hydroxylation is 2. The van der Waals surface area contributed by atoms with Crippen LogP contribution in [0.3, 0.4) is 0 Å². The molecular formula is C21H31NO5S. The number of likely N-dealkylation sites (N-methyl/N-ethyl adjacent to an activating group) is 1. The predicted octanol–water partition coefficient (Wildman–Crippen LogP) is 3.19. The lowest BCUT2D eigenvalue weighted by Crippen LogP contribution is -2.32. The molecule has 0 aliphatic rings. The minimum atomic E-state index is -4.16. The fraction of sp³-hybridized carbons (Fsp3) is 0.429. The fourth-order valence-corrected chi connectivity index (χ4v) is 3.10. The third-order valence-electron chi connectivity index (χ3n) is 4.64. The van der Waals surface area contributed by atoms with Crippen molar-refractivity contribution in [2.75, 3.05) is 33.4 Å². The molecule has 2 rings (SSSR count). The zero-order valence-corrected chi connectivity index (χ0v) is 17.8. The fourth-order valence-electron chi connectivity index (χ4n) is 3.10. The van der Waals surface area contributed by atoms with Gasteiger partial charge in [-0.3, -0.25) is 8.74 Å². The van der Waals surface area contributed by atoms with Gasteiger partial charge in [-0.2, -0.15) is 8.42 Å². The van der Waals surface area contributed by atoms with Crippen LogP contribution < -0.4 is 0 Å². The molecule has 0 heterocycles. The van der Waals surface area contributed by atoms with Gasteiger partial charge in [0, 0.05) is 19.0 Å². The summed E-state index contributed by atoms with van der Waals surface area (Å²) in [6, 6.07) is 17.3. The monoisotopic (exact) mass is 409 g/mol. The zero-order valence-electron chi connectivity index (χ0n) is 17.0. The Balaban J connectivity index is 0.000000568. The summed E-state index contributed by atoms with van der Waals surface area (Å²) < 4.78 is 29.7. The Labute approximate surface area is 168 Å². The Kier molecular flexibility index (Phi) is 10.3. The third-order valence-corrected chi connectivity index (χ3v) is 5.06. The molecule has 156 valence electrons. The molecule has 0 amide bonds. The van der Waals surface area contributed by atoms with Crippen LogP contribution in [-0.2, 0) is 14.6 Å². The predicted molar refractivity (Wildman–Crippen MR) is 112 cm³/mol. The van der Waals surface area contributed by atoms with Crippen molar-refractivity contribution in [3.63, 3.8) is 0 Å². The lowest BCUT2D eigenvalue weighted by molar-refractivity contribution is 0.198. The van der Waals surface area contributed by atoms with Crippen molar-refractivity contribution in [2.45, 2.75) is 26.7 Å². The summed E-state index contributed by atoms with van der Waals surface area (Å²) >= 11 is 0. The summed E-state index contributed by atoms with van der Waals surface area (Å²) in [5.74, 6) is 0.342. The highest BCUT2D eigenvalue weighted by atomic mass is 32.3. The maximum Gasteiger partial charge on any atom is 0.397 e. The molecule has 2 N–H and O–H groups in total. The quantitative estimate of drug-likeness (QED) is 0.651. The topological polar surface area (TPSA) is 87.1 Å². The Hall–Kier alpha value is -1.77. The maximum atomic E-state index is 9.33. The number of aliphatic hydroxyl groups excluding tert-OH is 1. The van der Waals surface area contributed by atoms with E-state index in [1.54, 1.807) is 0 Å². The summed E-state index contributed by atoms with van der Waals surface area (Å²) in [5.41, 5.74) is 5.42. The highest BCUT2D eigenvalue weighted by molar-refractivity contribution is 7.80. The van der Waals surface area contributed by atoms with Crippen LogP contribution in [0, 0.1) is 13.8 Å². The molecule has 0 spiro atoms. The largest absolute Gasteiger partial charge is 0.397 e. The van der Waals surface area contributed by atoms with Crippen molar-refractivity contribution < 1.29 is 22.3 Å². The summed E-state index contributed by atoms with van der Waals surface area (Å²) in [7, 11) is -3.29. The van der Waals surface area contributed by atoms with Gasteiger partial charge >= 0.3 is 10.4 Å². The van der Waals surface area contributed by atoms with Crippen molar-refractivity contribution in [3.8, 4) is 0 Å². The van der Waals surface area contributed by atoms with Crippen LogP contribution in [-0.4, -0.2) is 56.3 Å². The summed E-state index contributed by atoms with van der Waals surface area (Å²) in [5, 5.41) is 9.29. The first-order valence-corrected chi connectivity index (χ1v) is 10.6. The normalized spacial score (nSPS) is 11.4. The van der Waals surface area contributed by atoms with Crippen LogP contribution >= 0.6 is 0 Å². The van der Waals surface area contributed by atoms with E-state index in [0.29, 0.717) is 5.92 Å². The molecule has 2 aromatic rings. The first-order chi connectivity index (χ1) is 13.2. The van der Waals surface area contributed by atoms with Gasteiger partial charge in [-0.15, -0.1) is 0 Å². The number of benzene rings is 2.